The van der Waals surface area contributed by atoms with Gasteiger partial charge in [0.25, 0.3) is 5.91 Å². The molecule has 0 saturated heterocycles. The minimum atomic E-state index is -4.75. The van der Waals surface area contributed by atoms with Gasteiger partial charge in [-0.2, -0.15) is 4.80 Å². The highest BCUT2D eigenvalue weighted by molar-refractivity contribution is 9.10. The molecule has 1 aromatic carbocycles. The molecule has 13 heteroatoms. The average molecular weight is 444 g/mol. The molecule has 0 bridgehead atoms. The largest absolute Gasteiger partial charge is 0.471 e. The third kappa shape index (κ3) is 4.82. The molecule has 0 fully saturated rings. The summed E-state index contributed by atoms with van der Waals surface area (Å²) in [7, 11) is -4.75. The van der Waals surface area contributed by atoms with Crippen LogP contribution in [-0.2, 0) is 9.09 Å². The van der Waals surface area contributed by atoms with Crippen LogP contribution in [0.5, 0.6) is 0 Å². The van der Waals surface area contributed by atoms with E-state index in [9.17, 15) is 13.8 Å². The Morgan fingerprint density at radius 1 is 1.50 bits per heavy atom. The number of hydrogen-bond donors (Lipinski definition) is 3. The van der Waals surface area contributed by atoms with Gasteiger partial charge in [0.15, 0.2) is 16.5 Å². The number of phosphoric acid groups is 1. The zero-order valence-corrected chi connectivity index (χ0v) is 15.1. The number of nitrogens with zero attached hydrogens (tertiary/aromatic N) is 3. The Labute approximate surface area is 148 Å². The monoisotopic (exact) mass is 442 g/mol. The van der Waals surface area contributed by atoms with Crippen molar-refractivity contribution in [1.29, 1.82) is 0 Å². The fourth-order valence-corrected chi connectivity index (χ4v) is 2.74. The van der Waals surface area contributed by atoms with E-state index >= 15 is 0 Å². The maximum Gasteiger partial charge on any atom is 0.471 e. The highest BCUT2D eigenvalue weighted by atomic mass is 79.9. The molecular weight excluding hydrogens is 433 g/mol. The molecule has 130 valence electrons. The zero-order valence-electron chi connectivity index (χ0n) is 11.9. The van der Waals surface area contributed by atoms with E-state index < -0.39 is 25.8 Å². The van der Waals surface area contributed by atoms with Gasteiger partial charge in [-0.15, -0.1) is 10.2 Å². The highest BCUT2D eigenvalue weighted by Gasteiger charge is 2.25. The smallest absolute Gasteiger partial charge is 0.319 e. The van der Waals surface area contributed by atoms with Gasteiger partial charge in [-0.05, 0) is 41.1 Å². The molecule has 24 heavy (non-hydrogen) atoms. The van der Waals surface area contributed by atoms with Gasteiger partial charge < -0.3 is 15.1 Å². The second-order valence-corrected chi connectivity index (χ2v) is 6.78. The SMILES string of the molecule is CC(OP(=O)(O)O)n1nc(Br)c(C(=O)Nc2ccc(F)cc2Cl)n1. The summed E-state index contributed by atoms with van der Waals surface area (Å²) in [4.78, 5) is 30.5. The number of phosphoric ester groups is 1. The number of carbonyl (C=O) groups excluding carboxylic acids is 1. The molecule has 0 aliphatic heterocycles. The molecule has 9 nitrogen and oxygen atoms in total. The van der Waals surface area contributed by atoms with Crippen molar-refractivity contribution in [2.24, 2.45) is 0 Å². The molecule has 1 aromatic heterocycles. The first kappa shape index (κ1) is 19.0. The van der Waals surface area contributed by atoms with Crippen LogP contribution in [0.3, 0.4) is 0 Å². The predicted molar refractivity (Wildman–Crippen MR) is 84.9 cm³/mol. The highest BCUT2D eigenvalue weighted by Crippen LogP contribution is 2.40. The number of halogens is 3. The van der Waals surface area contributed by atoms with Crippen molar-refractivity contribution in [3.05, 3.63) is 39.3 Å². The lowest BCUT2D eigenvalue weighted by Gasteiger charge is -2.11. The molecule has 0 spiro atoms. The number of carbonyl (C=O) groups is 1. The Bertz CT molecular complexity index is 829. The molecule has 2 aromatic rings. The van der Waals surface area contributed by atoms with E-state index in [2.05, 4.69) is 36.0 Å². The van der Waals surface area contributed by atoms with Crippen molar-refractivity contribution in [3.63, 3.8) is 0 Å². The minimum Gasteiger partial charge on any atom is -0.319 e. The van der Waals surface area contributed by atoms with Gasteiger partial charge in [0.1, 0.15) is 5.82 Å². The Morgan fingerprint density at radius 3 is 2.75 bits per heavy atom. The van der Waals surface area contributed by atoms with Crippen molar-refractivity contribution >= 4 is 46.9 Å². The Hall–Kier alpha value is -1.36. The number of anilines is 1. The Morgan fingerprint density at radius 2 is 2.17 bits per heavy atom. The normalized spacial score (nSPS) is 12.9. The molecule has 1 heterocycles. The van der Waals surface area contributed by atoms with Gasteiger partial charge in [0, 0.05) is 0 Å². The van der Waals surface area contributed by atoms with Crippen molar-refractivity contribution in [1.82, 2.24) is 15.0 Å². The fourth-order valence-electron chi connectivity index (χ4n) is 1.62. The summed E-state index contributed by atoms with van der Waals surface area (Å²) in [5.74, 6) is -1.28. The number of benzene rings is 1. The van der Waals surface area contributed by atoms with Crippen LogP contribution in [0.4, 0.5) is 10.1 Å². The third-order valence-corrected chi connectivity index (χ3v) is 4.02. The second-order valence-electron chi connectivity index (χ2n) is 4.43. The number of rotatable bonds is 5. The number of nitrogens with one attached hydrogen (secondary N) is 1. The summed E-state index contributed by atoms with van der Waals surface area (Å²) in [5, 5.41) is 10.0. The summed E-state index contributed by atoms with van der Waals surface area (Å²) in [6, 6.07) is 3.41. The lowest BCUT2D eigenvalue weighted by molar-refractivity contribution is 0.0762. The van der Waals surface area contributed by atoms with E-state index in [0.717, 1.165) is 16.9 Å². The summed E-state index contributed by atoms with van der Waals surface area (Å²) in [5.41, 5.74) is -0.0272. The van der Waals surface area contributed by atoms with Crippen LogP contribution in [-0.4, -0.2) is 30.7 Å². The molecule has 0 radical (unpaired) electrons. The van der Waals surface area contributed by atoms with Gasteiger partial charge in [-0.1, -0.05) is 11.6 Å². The minimum absolute atomic E-state index is 0.00920. The van der Waals surface area contributed by atoms with E-state index in [0.29, 0.717) is 0 Å². The van der Waals surface area contributed by atoms with E-state index in [1.807, 2.05) is 0 Å². The van der Waals surface area contributed by atoms with Crippen LogP contribution >= 0.6 is 35.4 Å². The maximum absolute atomic E-state index is 13.0. The second kappa shape index (κ2) is 7.26. The van der Waals surface area contributed by atoms with Crippen molar-refractivity contribution < 1.29 is 28.1 Å². The van der Waals surface area contributed by atoms with Crippen LogP contribution < -0.4 is 5.32 Å². The summed E-state index contributed by atoms with van der Waals surface area (Å²) >= 11 is 8.83. The lowest BCUT2D eigenvalue weighted by Crippen LogP contribution is -2.16. The fraction of sp³-hybridized carbons (Fsp3) is 0.182. The third-order valence-electron chi connectivity index (χ3n) is 2.60. The molecule has 1 atom stereocenters. The molecule has 0 aliphatic carbocycles. The standard InChI is InChI=1S/C11H10BrClFN4O5P/c1-5(23-24(20,21)22)18-16-9(10(12)17-18)11(19)15-8-3-2-6(14)4-7(8)13/h2-5H,1H3,(H,15,19)(H2,20,21,22). The first-order valence-corrected chi connectivity index (χ1v) is 8.89. The first-order valence-electron chi connectivity index (χ1n) is 6.19. The molecule has 2 rings (SSSR count). The van der Waals surface area contributed by atoms with Gasteiger partial charge >= 0.3 is 7.82 Å². The van der Waals surface area contributed by atoms with E-state index in [4.69, 9.17) is 21.4 Å². The van der Waals surface area contributed by atoms with E-state index in [-0.39, 0.29) is 21.0 Å². The lowest BCUT2D eigenvalue weighted by atomic mass is 10.3. The summed E-state index contributed by atoms with van der Waals surface area (Å²) < 4.78 is 28.2. The molecule has 0 saturated carbocycles. The van der Waals surface area contributed by atoms with Crippen molar-refractivity contribution in [2.45, 2.75) is 13.2 Å². The van der Waals surface area contributed by atoms with Crippen LogP contribution in [0.1, 0.15) is 23.6 Å². The summed E-state index contributed by atoms with van der Waals surface area (Å²) in [6.07, 6.45) is -1.22. The van der Waals surface area contributed by atoms with Gasteiger partial charge in [-0.3, -0.25) is 9.32 Å². The average Bonchev–Trinajstić information content (AvgIpc) is 2.82. The van der Waals surface area contributed by atoms with Crippen LogP contribution in [0.15, 0.2) is 22.8 Å². The van der Waals surface area contributed by atoms with Crippen molar-refractivity contribution in [2.75, 3.05) is 5.32 Å². The number of hydrogen-bond acceptors (Lipinski definition) is 5. The zero-order chi connectivity index (χ0) is 18.1. The Kier molecular flexibility index (Phi) is 5.74. The number of aromatic nitrogens is 3. The Balaban J connectivity index is 2.20. The van der Waals surface area contributed by atoms with Crippen LogP contribution in [0, 0.1) is 5.82 Å². The predicted octanol–water partition coefficient (Wildman–Crippen LogP) is 2.71. The van der Waals surface area contributed by atoms with Crippen molar-refractivity contribution in [3.8, 4) is 0 Å². The number of amides is 1. The van der Waals surface area contributed by atoms with Crippen LogP contribution in [0.2, 0.25) is 5.02 Å². The van der Waals surface area contributed by atoms with Gasteiger partial charge in [0.2, 0.25) is 0 Å². The first-order chi connectivity index (χ1) is 11.1. The molecular formula is C11H10BrClFN4O5P. The van der Waals surface area contributed by atoms with Crippen LogP contribution in [0.25, 0.3) is 0 Å². The van der Waals surface area contributed by atoms with Gasteiger partial charge in [-0.25, -0.2) is 8.96 Å². The molecule has 1 unspecified atom stereocenters. The molecule has 0 aliphatic rings. The van der Waals surface area contributed by atoms with Gasteiger partial charge in [0.05, 0.1) is 10.7 Å². The van der Waals surface area contributed by atoms with E-state index in [1.165, 1.54) is 13.0 Å². The topological polar surface area (TPSA) is 127 Å². The molecule has 3 N–H and O–H groups in total. The summed E-state index contributed by atoms with van der Waals surface area (Å²) in [6.45, 7) is 1.28. The maximum atomic E-state index is 13.0. The quantitative estimate of drug-likeness (QED) is 0.607. The van der Waals surface area contributed by atoms with E-state index in [1.54, 1.807) is 0 Å². The molecule has 1 amide bonds.